The molecule has 13 heavy (non-hydrogen) atoms. The first-order valence-electron chi connectivity index (χ1n) is 5.02. The summed E-state index contributed by atoms with van der Waals surface area (Å²) < 4.78 is 5.09. The van der Waals surface area contributed by atoms with Crippen LogP contribution in [0.4, 0.5) is 0 Å². The molecular weight excluding hydrogens is 166 g/mol. The zero-order valence-corrected chi connectivity index (χ0v) is 8.32. The molecule has 3 heterocycles. The first-order valence-corrected chi connectivity index (χ1v) is 5.02. The molecule has 4 atom stereocenters. The number of fused-ring (bicyclic) bond motifs is 3. The van der Waals surface area contributed by atoms with Crippen LogP contribution in [0, 0.1) is 5.92 Å². The van der Waals surface area contributed by atoms with Gasteiger partial charge in [0.25, 0.3) is 0 Å². The Balaban J connectivity index is 2.13. The lowest BCUT2D eigenvalue weighted by molar-refractivity contribution is -0.143. The normalized spacial score (nSPS) is 44.0. The molecule has 0 saturated carbocycles. The largest absolute Gasteiger partial charge is 0.383 e. The van der Waals surface area contributed by atoms with Gasteiger partial charge in [-0.3, -0.25) is 9.69 Å². The van der Waals surface area contributed by atoms with Gasteiger partial charge in [-0.25, -0.2) is 0 Å². The van der Waals surface area contributed by atoms with E-state index in [9.17, 15) is 4.79 Å². The summed E-state index contributed by atoms with van der Waals surface area (Å²) in [5.41, 5.74) is 0. The summed E-state index contributed by atoms with van der Waals surface area (Å²) in [7, 11) is 1.67. The Morgan fingerprint density at radius 1 is 1.62 bits per heavy atom. The van der Waals surface area contributed by atoms with Crippen molar-refractivity contribution >= 4 is 5.78 Å². The molecule has 3 fully saturated rings. The van der Waals surface area contributed by atoms with Crippen LogP contribution in [0.3, 0.4) is 0 Å². The van der Waals surface area contributed by atoms with Crippen LogP contribution in [0.15, 0.2) is 0 Å². The van der Waals surface area contributed by atoms with Crippen molar-refractivity contribution in [2.75, 3.05) is 20.3 Å². The summed E-state index contributed by atoms with van der Waals surface area (Å²) in [6, 6.07) is 0.615. The second-order valence-corrected chi connectivity index (χ2v) is 4.18. The molecule has 3 nitrogen and oxygen atoms in total. The highest BCUT2D eigenvalue weighted by atomic mass is 16.5. The van der Waals surface area contributed by atoms with Crippen LogP contribution in [-0.4, -0.2) is 43.0 Å². The minimum atomic E-state index is 0.0486. The summed E-state index contributed by atoms with van der Waals surface area (Å²) in [6.45, 7) is 3.85. The highest BCUT2D eigenvalue weighted by Crippen LogP contribution is 2.33. The number of hydrogen-bond donors (Lipinski definition) is 0. The maximum atomic E-state index is 11.8. The Bertz CT molecular complexity index is 217. The minimum Gasteiger partial charge on any atom is -0.383 e. The Kier molecular flexibility index (Phi) is 2.39. The molecule has 0 aromatic heterocycles. The van der Waals surface area contributed by atoms with Gasteiger partial charge in [-0.1, -0.05) is 0 Å². The van der Waals surface area contributed by atoms with Gasteiger partial charge in [0.2, 0.25) is 0 Å². The number of nitrogens with zero attached hydrogens (tertiary/aromatic N) is 1. The van der Waals surface area contributed by atoms with Crippen molar-refractivity contribution in [3.05, 3.63) is 0 Å². The number of hydrogen-bond acceptors (Lipinski definition) is 3. The molecule has 3 aliphatic rings. The fraction of sp³-hybridized carbons (Fsp3) is 0.900. The Labute approximate surface area is 79.0 Å². The molecule has 0 spiro atoms. The fourth-order valence-electron chi connectivity index (χ4n) is 2.68. The van der Waals surface area contributed by atoms with E-state index >= 15 is 0 Å². The monoisotopic (exact) mass is 183 g/mol. The third-order valence-corrected chi connectivity index (χ3v) is 3.38. The van der Waals surface area contributed by atoms with E-state index in [1.54, 1.807) is 7.11 Å². The number of ketones is 1. The maximum absolute atomic E-state index is 11.8. The van der Waals surface area contributed by atoms with Gasteiger partial charge in [0.05, 0.1) is 12.6 Å². The number of ether oxygens (including phenoxy) is 1. The lowest BCUT2D eigenvalue weighted by Crippen LogP contribution is -2.60. The van der Waals surface area contributed by atoms with Crippen molar-refractivity contribution in [3.8, 4) is 0 Å². The number of Topliss-reactive ketones (excluding diaryl/α,β-unsaturated/α-hetero) is 1. The van der Waals surface area contributed by atoms with Gasteiger partial charge in [-0.15, -0.1) is 0 Å². The zero-order chi connectivity index (χ0) is 9.42. The van der Waals surface area contributed by atoms with Crippen LogP contribution in [0.1, 0.15) is 19.8 Å². The molecule has 4 unspecified atom stereocenters. The molecule has 0 aromatic rings. The van der Waals surface area contributed by atoms with Gasteiger partial charge in [0, 0.05) is 19.1 Å². The van der Waals surface area contributed by atoms with Crippen LogP contribution in [-0.2, 0) is 9.53 Å². The molecule has 0 radical (unpaired) electrons. The predicted molar refractivity (Wildman–Crippen MR) is 49.6 cm³/mol. The molecule has 0 aromatic carbocycles. The molecule has 2 bridgehead atoms. The number of methoxy groups -OCH3 is 1. The topological polar surface area (TPSA) is 29.5 Å². The Morgan fingerprint density at radius 2 is 2.38 bits per heavy atom. The van der Waals surface area contributed by atoms with Crippen LogP contribution >= 0.6 is 0 Å². The average molecular weight is 183 g/mol. The van der Waals surface area contributed by atoms with Crippen LogP contribution in [0.5, 0.6) is 0 Å². The van der Waals surface area contributed by atoms with Gasteiger partial charge in [0.1, 0.15) is 0 Å². The standard InChI is InChI=1S/C10H17NO2/c1-7-5-8-3-4-11(7)9(6-13-2)10(8)12/h7-9H,3-6H2,1-2H3. The van der Waals surface area contributed by atoms with Crippen molar-refractivity contribution < 1.29 is 9.53 Å². The van der Waals surface area contributed by atoms with Gasteiger partial charge >= 0.3 is 0 Å². The molecule has 0 aliphatic carbocycles. The summed E-state index contributed by atoms with van der Waals surface area (Å²) >= 11 is 0. The fourth-order valence-corrected chi connectivity index (χ4v) is 2.68. The summed E-state index contributed by atoms with van der Waals surface area (Å²) in [6.07, 6.45) is 2.11. The lowest BCUT2D eigenvalue weighted by Gasteiger charge is -2.48. The van der Waals surface area contributed by atoms with Gasteiger partial charge in [0.15, 0.2) is 5.78 Å². The zero-order valence-electron chi connectivity index (χ0n) is 8.32. The predicted octanol–water partition coefficient (Wildman–Crippen LogP) is 0.685. The maximum Gasteiger partial charge on any atom is 0.155 e. The first-order chi connectivity index (χ1) is 6.24. The smallest absolute Gasteiger partial charge is 0.155 e. The second-order valence-electron chi connectivity index (χ2n) is 4.18. The summed E-state index contributed by atoms with van der Waals surface area (Å²) in [5, 5.41) is 0. The highest BCUT2D eigenvalue weighted by molar-refractivity contribution is 5.88. The molecule has 3 saturated heterocycles. The molecule has 74 valence electrons. The van der Waals surface area contributed by atoms with E-state index in [1.807, 2.05) is 0 Å². The van der Waals surface area contributed by atoms with E-state index in [1.165, 1.54) is 0 Å². The molecular formula is C10H17NO2. The van der Waals surface area contributed by atoms with E-state index in [4.69, 9.17) is 4.74 Å². The van der Waals surface area contributed by atoms with Gasteiger partial charge < -0.3 is 4.74 Å². The number of rotatable bonds is 2. The minimum absolute atomic E-state index is 0.0486. The summed E-state index contributed by atoms with van der Waals surface area (Å²) in [4.78, 5) is 14.1. The first kappa shape index (κ1) is 9.16. The van der Waals surface area contributed by atoms with Crippen molar-refractivity contribution in [3.63, 3.8) is 0 Å². The Morgan fingerprint density at radius 3 is 3.00 bits per heavy atom. The second kappa shape index (κ2) is 3.39. The number of carbonyl (C=O) groups is 1. The van der Waals surface area contributed by atoms with Crippen LogP contribution in [0.2, 0.25) is 0 Å². The van der Waals surface area contributed by atoms with Crippen LogP contribution in [0.25, 0.3) is 0 Å². The van der Waals surface area contributed by atoms with E-state index < -0.39 is 0 Å². The van der Waals surface area contributed by atoms with Crippen LogP contribution < -0.4 is 0 Å². The van der Waals surface area contributed by atoms with Gasteiger partial charge in [-0.2, -0.15) is 0 Å². The van der Waals surface area contributed by atoms with E-state index in [-0.39, 0.29) is 6.04 Å². The highest BCUT2D eigenvalue weighted by Gasteiger charge is 2.44. The lowest BCUT2D eigenvalue weighted by atomic mass is 9.78. The van der Waals surface area contributed by atoms with Crippen molar-refractivity contribution in [1.82, 2.24) is 4.90 Å². The molecule has 3 aliphatic heterocycles. The number of carbonyl (C=O) groups excluding carboxylic acids is 1. The van der Waals surface area contributed by atoms with E-state index in [0.29, 0.717) is 24.3 Å². The van der Waals surface area contributed by atoms with Crippen molar-refractivity contribution in [1.29, 1.82) is 0 Å². The SMILES string of the molecule is COCC1C(=O)C2CCN1C(C)C2. The third-order valence-electron chi connectivity index (χ3n) is 3.38. The average Bonchev–Trinajstić information content (AvgIpc) is 2.12. The summed E-state index contributed by atoms with van der Waals surface area (Å²) in [5.74, 6) is 0.728. The van der Waals surface area contributed by atoms with Gasteiger partial charge in [-0.05, 0) is 26.3 Å². The van der Waals surface area contributed by atoms with Crippen molar-refractivity contribution in [2.45, 2.75) is 31.8 Å². The third kappa shape index (κ3) is 1.40. The molecule has 0 N–H and O–H groups in total. The molecule has 3 rings (SSSR count). The quantitative estimate of drug-likeness (QED) is 0.630. The molecule has 3 heteroatoms. The Hall–Kier alpha value is -0.410. The van der Waals surface area contributed by atoms with E-state index in [0.717, 1.165) is 19.4 Å². The van der Waals surface area contributed by atoms with Crippen molar-refractivity contribution in [2.24, 2.45) is 5.92 Å². The van der Waals surface area contributed by atoms with E-state index in [2.05, 4.69) is 11.8 Å². The molecule has 0 amide bonds. The number of piperidine rings is 3.